The lowest BCUT2D eigenvalue weighted by molar-refractivity contribution is -0.138. The summed E-state index contributed by atoms with van der Waals surface area (Å²) in [6, 6.07) is 16.4. The Balaban J connectivity index is 1.30. The minimum absolute atomic E-state index is 0.190. The summed E-state index contributed by atoms with van der Waals surface area (Å²) in [6.07, 6.45) is 3.91. The molecule has 3 aromatic rings. The number of thioether (sulfide) groups is 1. The van der Waals surface area contributed by atoms with Crippen LogP contribution in [-0.4, -0.2) is 83.0 Å². The number of amides is 1. The molecule has 11 heteroatoms. The molecule has 0 aliphatic carbocycles. The number of carbonyl (C=O) groups is 2. The average molecular weight is 576 g/mol. The molecule has 1 atom stereocenters. The lowest BCUT2D eigenvalue weighted by Gasteiger charge is -2.36. The number of carboxylic acid groups (broad SMARTS) is 1. The lowest BCUT2D eigenvalue weighted by atomic mass is 9.99. The van der Waals surface area contributed by atoms with Crippen LogP contribution in [0.3, 0.4) is 0 Å². The summed E-state index contributed by atoms with van der Waals surface area (Å²) in [5.74, 6) is 2.15. The van der Waals surface area contributed by atoms with Gasteiger partial charge in [0.25, 0.3) is 5.91 Å². The third-order valence-corrected chi connectivity index (χ3v) is 8.68. The molecule has 2 fully saturated rings. The van der Waals surface area contributed by atoms with Crippen LogP contribution in [0.1, 0.15) is 35.8 Å². The van der Waals surface area contributed by atoms with Crippen molar-refractivity contribution in [2.45, 2.75) is 31.6 Å². The van der Waals surface area contributed by atoms with Crippen LogP contribution >= 0.6 is 11.8 Å². The van der Waals surface area contributed by atoms with E-state index in [0.29, 0.717) is 36.5 Å². The van der Waals surface area contributed by atoms with Crippen LogP contribution in [0.15, 0.2) is 60.8 Å². The van der Waals surface area contributed by atoms with Gasteiger partial charge >= 0.3 is 5.97 Å². The first-order valence-corrected chi connectivity index (χ1v) is 15.3. The Kier molecular flexibility index (Phi) is 9.55. The van der Waals surface area contributed by atoms with E-state index in [4.69, 9.17) is 4.98 Å². The predicted molar refractivity (Wildman–Crippen MR) is 163 cm³/mol. The van der Waals surface area contributed by atoms with E-state index in [9.17, 15) is 14.7 Å². The highest BCUT2D eigenvalue weighted by Crippen LogP contribution is 2.25. The molecule has 2 N–H and O–H groups in total. The van der Waals surface area contributed by atoms with Crippen LogP contribution in [0.25, 0.3) is 0 Å². The van der Waals surface area contributed by atoms with Crippen molar-refractivity contribution >= 4 is 41.2 Å². The average Bonchev–Trinajstić information content (AvgIpc) is 3.01. The van der Waals surface area contributed by atoms with Gasteiger partial charge in [0.1, 0.15) is 23.4 Å². The Labute approximate surface area is 245 Å². The molecule has 1 amide bonds. The Morgan fingerprint density at radius 2 is 1.61 bits per heavy atom. The number of aliphatic carboxylic acids is 1. The normalized spacial score (nSPS) is 16.9. The van der Waals surface area contributed by atoms with Gasteiger partial charge in [-0.2, -0.15) is 16.7 Å². The molecular formula is C30H37N7O3S. The van der Waals surface area contributed by atoms with Crippen molar-refractivity contribution in [1.82, 2.24) is 20.3 Å². The fourth-order valence-corrected chi connectivity index (χ4v) is 6.04. The topological polar surface area (TPSA) is 115 Å². The van der Waals surface area contributed by atoms with E-state index in [1.807, 2.05) is 48.5 Å². The number of nitrogens with zero attached hydrogens (tertiary/aromatic N) is 6. The molecule has 4 heterocycles. The maximum atomic E-state index is 13.4. The smallest absolute Gasteiger partial charge is 0.327 e. The standard InChI is InChI=1S/C30H37N7O3S/c1-22-10-13-35(14-11-22)27-19-24(28(38)32-25(29(39)40)21-41-20-23-7-3-2-4-8-23)33-30(34-27)37-17-15-36(16-18-37)26-9-5-6-12-31-26/h2-9,12,19,22,25H,10-11,13-18,20-21H2,1H3,(H,32,38)(H,39,40). The molecule has 41 heavy (non-hydrogen) atoms. The van der Waals surface area contributed by atoms with Gasteiger partial charge in [0.15, 0.2) is 0 Å². The summed E-state index contributed by atoms with van der Waals surface area (Å²) in [7, 11) is 0. The number of piperazine rings is 1. The first-order valence-electron chi connectivity index (χ1n) is 14.2. The van der Waals surface area contributed by atoms with Crippen LogP contribution in [0.4, 0.5) is 17.6 Å². The molecule has 5 rings (SSSR count). The number of piperidine rings is 1. The molecule has 216 valence electrons. The molecule has 2 saturated heterocycles. The Hall–Kier alpha value is -3.86. The summed E-state index contributed by atoms with van der Waals surface area (Å²) >= 11 is 1.48. The third kappa shape index (κ3) is 7.66. The van der Waals surface area contributed by atoms with E-state index in [0.717, 1.165) is 50.4 Å². The van der Waals surface area contributed by atoms with Crippen molar-refractivity contribution in [2.24, 2.45) is 5.92 Å². The van der Waals surface area contributed by atoms with Gasteiger partial charge in [0.05, 0.1) is 0 Å². The number of hydrogen-bond donors (Lipinski definition) is 2. The van der Waals surface area contributed by atoms with Gasteiger partial charge in [-0.25, -0.2) is 14.8 Å². The number of nitrogens with one attached hydrogen (secondary N) is 1. The SMILES string of the molecule is CC1CCN(c2cc(C(=O)NC(CSCc3ccccc3)C(=O)O)nc(N3CCN(c4ccccn4)CC3)n2)CC1. The van der Waals surface area contributed by atoms with E-state index in [-0.39, 0.29) is 11.4 Å². The number of aromatic nitrogens is 3. The molecule has 1 aromatic carbocycles. The summed E-state index contributed by atoms with van der Waals surface area (Å²) in [6.45, 7) is 6.86. The van der Waals surface area contributed by atoms with Gasteiger partial charge in [-0.3, -0.25) is 4.79 Å². The number of carbonyl (C=O) groups excluding carboxylic acids is 1. The Morgan fingerprint density at radius 3 is 2.29 bits per heavy atom. The highest BCUT2D eigenvalue weighted by Gasteiger charge is 2.27. The minimum Gasteiger partial charge on any atom is -0.480 e. The number of hydrogen-bond acceptors (Lipinski definition) is 9. The van der Waals surface area contributed by atoms with Crippen LogP contribution < -0.4 is 20.0 Å². The first kappa shape index (κ1) is 28.7. The van der Waals surface area contributed by atoms with Crippen LogP contribution in [0.5, 0.6) is 0 Å². The summed E-state index contributed by atoms with van der Waals surface area (Å²) in [5, 5.41) is 12.6. The van der Waals surface area contributed by atoms with E-state index < -0.39 is 17.9 Å². The second kappa shape index (κ2) is 13.7. The third-order valence-electron chi connectivity index (χ3n) is 7.58. The number of rotatable bonds is 10. The van der Waals surface area contributed by atoms with E-state index in [1.165, 1.54) is 11.8 Å². The zero-order valence-electron chi connectivity index (χ0n) is 23.4. The highest BCUT2D eigenvalue weighted by atomic mass is 32.2. The maximum absolute atomic E-state index is 13.4. The summed E-state index contributed by atoms with van der Waals surface area (Å²) < 4.78 is 0. The van der Waals surface area contributed by atoms with Crippen molar-refractivity contribution < 1.29 is 14.7 Å². The molecule has 2 aromatic heterocycles. The van der Waals surface area contributed by atoms with Crippen LogP contribution in [-0.2, 0) is 10.5 Å². The predicted octanol–water partition coefficient (Wildman–Crippen LogP) is 3.55. The van der Waals surface area contributed by atoms with E-state index in [1.54, 1.807) is 12.3 Å². The Bertz CT molecular complexity index is 1300. The summed E-state index contributed by atoms with van der Waals surface area (Å²) in [4.78, 5) is 46.0. The first-order chi connectivity index (χ1) is 20.0. The fourth-order valence-electron chi connectivity index (χ4n) is 5.03. The van der Waals surface area contributed by atoms with Gasteiger partial charge in [-0.05, 0) is 36.5 Å². The fraction of sp³-hybridized carbons (Fsp3) is 0.433. The number of pyridine rings is 1. The van der Waals surface area contributed by atoms with Gasteiger partial charge in [-0.1, -0.05) is 43.3 Å². The minimum atomic E-state index is -1.07. The van der Waals surface area contributed by atoms with Gasteiger partial charge < -0.3 is 25.1 Å². The molecule has 0 bridgehead atoms. The van der Waals surface area contributed by atoms with Crippen molar-refractivity contribution in [3.8, 4) is 0 Å². The van der Waals surface area contributed by atoms with E-state index >= 15 is 0 Å². The van der Waals surface area contributed by atoms with Crippen LogP contribution in [0.2, 0.25) is 0 Å². The molecule has 0 spiro atoms. The van der Waals surface area contributed by atoms with Crippen molar-refractivity contribution in [3.05, 3.63) is 72.1 Å². The second-order valence-electron chi connectivity index (χ2n) is 10.6. The number of carboxylic acids is 1. The molecular weight excluding hydrogens is 538 g/mol. The van der Waals surface area contributed by atoms with Crippen molar-refractivity contribution in [3.63, 3.8) is 0 Å². The maximum Gasteiger partial charge on any atom is 0.327 e. The molecule has 0 radical (unpaired) electrons. The van der Waals surface area contributed by atoms with E-state index in [2.05, 4.69) is 36.9 Å². The quantitative estimate of drug-likeness (QED) is 0.372. The molecule has 2 aliphatic heterocycles. The van der Waals surface area contributed by atoms with Crippen molar-refractivity contribution in [1.29, 1.82) is 0 Å². The van der Waals surface area contributed by atoms with Gasteiger partial charge in [0.2, 0.25) is 5.95 Å². The number of benzene rings is 1. The Morgan fingerprint density at radius 1 is 0.927 bits per heavy atom. The number of anilines is 3. The van der Waals surface area contributed by atoms with Gasteiger partial charge in [-0.15, -0.1) is 0 Å². The molecule has 0 saturated carbocycles. The van der Waals surface area contributed by atoms with Crippen LogP contribution in [0, 0.1) is 5.92 Å². The monoisotopic (exact) mass is 575 g/mol. The zero-order valence-corrected chi connectivity index (χ0v) is 24.2. The zero-order chi connectivity index (χ0) is 28.6. The lowest BCUT2D eigenvalue weighted by Crippen LogP contribution is -2.48. The second-order valence-corrected chi connectivity index (χ2v) is 11.6. The largest absolute Gasteiger partial charge is 0.480 e. The molecule has 1 unspecified atom stereocenters. The molecule has 2 aliphatic rings. The molecule has 10 nitrogen and oxygen atoms in total. The highest BCUT2D eigenvalue weighted by molar-refractivity contribution is 7.98. The summed E-state index contributed by atoms with van der Waals surface area (Å²) in [5.41, 5.74) is 1.30. The van der Waals surface area contributed by atoms with Gasteiger partial charge in [0, 0.05) is 63.0 Å². The van der Waals surface area contributed by atoms with Crippen molar-refractivity contribution in [2.75, 3.05) is 59.7 Å².